The van der Waals surface area contributed by atoms with Crippen LogP contribution in [0.5, 0.6) is 0 Å². The van der Waals surface area contributed by atoms with Crippen molar-refractivity contribution in [3.63, 3.8) is 0 Å². The van der Waals surface area contributed by atoms with Gasteiger partial charge in [-0.1, -0.05) is 133 Å². The van der Waals surface area contributed by atoms with Gasteiger partial charge in [-0.2, -0.15) is 0 Å². The molecule has 2 aliphatic heterocycles. The quantitative estimate of drug-likeness (QED) is 0.211. The molecule has 4 nitrogen and oxygen atoms in total. The molecular formula is C43H29N3O. The maximum Gasteiger partial charge on any atom is 0.143 e. The van der Waals surface area contributed by atoms with Crippen LogP contribution in [0.2, 0.25) is 0 Å². The fraction of sp³-hybridized carbons (Fsp3) is 0.0465. The number of aromatic nitrogens is 1. The lowest BCUT2D eigenvalue weighted by Crippen LogP contribution is -2.17. The minimum absolute atomic E-state index is 0.0566. The first-order valence-electron chi connectivity index (χ1n) is 16.1. The lowest BCUT2D eigenvalue weighted by atomic mass is 9.87. The van der Waals surface area contributed by atoms with E-state index in [2.05, 4.69) is 156 Å². The third-order valence-electron chi connectivity index (χ3n) is 9.74. The molecule has 2 N–H and O–H groups in total. The van der Waals surface area contributed by atoms with Gasteiger partial charge in [-0.3, -0.25) is 0 Å². The topological polar surface area (TPSA) is 50.1 Å². The van der Waals surface area contributed by atoms with Crippen molar-refractivity contribution in [3.8, 4) is 22.6 Å². The molecule has 0 radical (unpaired) electrons. The van der Waals surface area contributed by atoms with Crippen molar-refractivity contribution in [2.24, 2.45) is 0 Å². The number of rotatable bonds is 3. The van der Waals surface area contributed by atoms with Gasteiger partial charge in [0.05, 0.1) is 29.0 Å². The maximum absolute atomic E-state index is 6.63. The number of hydrogen-bond acceptors (Lipinski definition) is 4. The second kappa shape index (κ2) is 10.2. The first kappa shape index (κ1) is 26.1. The van der Waals surface area contributed by atoms with Gasteiger partial charge in [-0.15, -0.1) is 0 Å². The summed E-state index contributed by atoms with van der Waals surface area (Å²) in [6.07, 6.45) is 4.43. The predicted molar refractivity (Wildman–Crippen MR) is 194 cm³/mol. The SMILES string of the molecule is C1=CC(c2ccccc2)Nc2c1ccc1ccc(-c3ccc(C4Nc5ccc6ccccc6c5-c5oc6ccccc6c54)cc3)nc21. The maximum atomic E-state index is 6.63. The van der Waals surface area contributed by atoms with Crippen LogP contribution in [0.3, 0.4) is 0 Å². The van der Waals surface area contributed by atoms with E-state index in [1.54, 1.807) is 0 Å². The summed E-state index contributed by atoms with van der Waals surface area (Å²) in [5.74, 6) is 0.946. The van der Waals surface area contributed by atoms with Gasteiger partial charge >= 0.3 is 0 Å². The van der Waals surface area contributed by atoms with Crippen LogP contribution in [0.25, 0.3) is 61.3 Å². The molecular weight excluding hydrogens is 574 g/mol. The number of fused-ring (bicyclic) bond motifs is 10. The summed E-state index contributed by atoms with van der Waals surface area (Å²) >= 11 is 0. The summed E-state index contributed by atoms with van der Waals surface area (Å²) in [6, 6.07) is 49.3. The van der Waals surface area contributed by atoms with Crippen LogP contribution in [0, 0.1) is 0 Å². The number of hydrogen-bond donors (Lipinski definition) is 2. The van der Waals surface area contributed by atoms with Crippen molar-refractivity contribution in [2.45, 2.75) is 12.1 Å². The van der Waals surface area contributed by atoms with Crippen LogP contribution in [0.1, 0.15) is 34.3 Å². The van der Waals surface area contributed by atoms with Crippen LogP contribution < -0.4 is 10.6 Å². The highest BCUT2D eigenvalue weighted by Crippen LogP contribution is 2.50. The summed E-state index contributed by atoms with van der Waals surface area (Å²) in [5.41, 5.74) is 12.0. The van der Waals surface area contributed by atoms with E-state index in [4.69, 9.17) is 9.40 Å². The van der Waals surface area contributed by atoms with E-state index in [9.17, 15) is 0 Å². The average molecular weight is 604 g/mol. The Labute approximate surface area is 272 Å². The molecule has 0 saturated heterocycles. The number of nitrogens with zero attached hydrogens (tertiary/aromatic N) is 1. The van der Waals surface area contributed by atoms with Gasteiger partial charge < -0.3 is 15.1 Å². The van der Waals surface area contributed by atoms with E-state index < -0.39 is 0 Å². The van der Waals surface area contributed by atoms with Gasteiger partial charge in [0.1, 0.15) is 11.3 Å². The fourth-order valence-corrected chi connectivity index (χ4v) is 7.41. The zero-order valence-electron chi connectivity index (χ0n) is 25.4. The summed E-state index contributed by atoms with van der Waals surface area (Å²) < 4.78 is 6.63. The zero-order chi connectivity index (χ0) is 30.9. The highest BCUT2D eigenvalue weighted by Gasteiger charge is 2.32. The molecule has 4 heterocycles. The molecule has 0 bridgehead atoms. The Morgan fingerprint density at radius 2 is 1.36 bits per heavy atom. The zero-order valence-corrected chi connectivity index (χ0v) is 25.4. The van der Waals surface area contributed by atoms with Crippen molar-refractivity contribution in [1.82, 2.24) is 4.98 Å². The minimum Gasteiger partial charge on any atom is -0.456 e. The molecule has 0 saturated carbocycles. The van der Waals surface area contributed by atoms with Gasteiger partial charge in [0.15, 0.2) is 0 Å². The van der Waals surface area contributed by atoms with Crippen molar-refractivity contribution in [3.05, 3.63) is 168 Å². The molecule has 47 heavy (non-hydrogen) atoms. The van der Waals surface area contributed by atoms with Crippen LogP contribution >= 0.6 is 0 Å². The van der Waals surface area contributed by atoms with Crippen LogP contribution in [-0.2, 0) is 0 Å². The third-order valence-corrected chi connectivity index (χ3v) is 9.74. The third kappa shape index (κ3) is 4.12. The summed E-state index contributed by atoms with van der Waals surface area (Å²) in [7, 11) is 0. The molecule has 2 aromatic heterocycles. The number of benzene rings is 6. The van der Waals surface area contributed by atoms with Gasteiger partial charge in [0, 0.05) is 33.2 Å². The Bertz CT molecular complexity index is 2530. The first-order valence-corrected chi connectivity index (χ1v) is 16.1. The van der Waals surface area contributed by atoms with E-state index in [0.717, 1.165) is 61.4 Å². The Morgan fingerprint density at radius 1 is 0.596 bits per heavy atom. The van der Waals surface area contributed by atoms with Crippen molar-refractivity contribution in [2.75, 3.05) is 10.6 Å². The predicted octanol–water partition coefficient (Wildman–Crippen LogP) is 11.2. The Balaban J connectivity index is 1.04. The van der Waals surface area contributed by atoms with E-state index in [1.165, 1.54) is 27.5 Å². The molecule has 2 unspecified atom stereocenters. The molecule has 6 aromatic carbocycles. The lowest BCUT2D eigenvalue weighted by molar-refractivity contribution is 0.623. The monoisotopic (exact) mass is 603 g/mol. The van der Waals surface area contributed by atoms with E-state index in [0.29, 0.717) is 0 Å². The Kier molecular flexibility index (Phi) is 5.67. The number of pyridine rings is 1. The minimum atomic E-state index is -0.0566. The highest BCUT2D eigenvalue weighted by atomic mass is 16.3. The second-order valence-corrected chi connectivity index (χ2v) is 12.4. The van der Waals surface area contributed by atoms with Crippen molar-refractivity contribution >= 4 is 50.1 Å². The summed E-state index contributed by atoms with van der Waals surface area (Å²) in [6.45, 7) is 0. The molecule has 8 aromatic rings. The summed E-state index contributed by atoms with van der Waals surface area (Å²) in [5, 5.41) is 12.3. The van der Waals surface area contributed by atoms with E-state index >= 15 is 0 Å². The molecule has 0 fully saturated rings. The number of anilines is 2. The highest BCUT2D eigenvalue weighted by molar-refractivity contribution is 6.06. The summed E-state index contributed by atoms with van der Waals surface area (Å²) in [4.78, 5) is 5.23. The normalized spacial score (nSPS) is 16.3. The van der Waals surface area contributed by atoms with Crippen LogP contribution in [-0.4, -0.2) is 4.98 Å². The molecule has 0 aliphatic carbocycles. The van der Waals surface area contributed by atoms with Gasteiger partial charge in [-0.25, -0.2) is 4.98 Å². The van der Waals surface area contributed by atoms with Crippen molar-refractivity contribution < 1.29 is 4.42 Å². The van der Waals surface area contributed by atoms with Crippen molar-refractivity contribution in [1.29, 1.82) is 0 Å². The largest absolute Gasteiger partial charge is 0.456 e. The van der Waals surface area contributed by atoms with Gasteiger partial charge in [0.25, 0.3) is 0 Å². The standard InChI is InChI=1S/C43H29N3O/c1-2-9-27(10-3-1)34-23-21-30-18-19-31-22-24-35(45-42(31)41(30)44-34)28-14-16-29(17-15-28)40-39-33-12-6-7-13-37(33)47-43(39)38-32-11-5-4-8-26(32)20-25-36(38)46-40/h1-25,34,40,44,46H. The molecule has 4 heteroatoms. The number of furan rings is 1. The second-order valence-electron chi connectivity index (χ2n) is 12.4. The Morgan fingerprint density at radius 3 is 2.26 bits per heavy atom. The number of nitrogens with one attached hydrogen (secondary N) is 2. The van der Waals surface area contributed by atoms with Gasteiger partial charge in [-0.05, 0) is 45.7 Å². The number of para-hydroxylation sites is 1. The fourth-order valence-electron chi connectivity index (χ4n) is 7.41. The van der Waals surface area contributed by atoms with E-state index in [-0.39, 0.29) is 12.1 Å². The smallest absolute Gasteiger partial charge is 0.143 e. The average Bonchev–Trinajstić information content (AvgIpc) is 3.54. The molecule has 2 atom stereocenters. The van der Waals surface area contributed by atoms with Crippen LogP contribution in [0.4, 0.5) is 11.4 Å². The molecule has 10 rings (SSSR count). The molecule has 2 aliphatic rings. The van der Waals surface area contributed by atoms with Gasteiger partial charge in [0.2, 0.25) is 0 Å². The molecule has 222 valence electrons. The molecule has 0 amide bonds. The van der Waals surface area contributed by atoms with E-state index in [1.807, 2.05) is 6.07 Å². The first-order chi connectivity index (χ1) is 23.3. The van der Waals surface area contributed by atoms with Crippen LogP contribution in [0.15, 0.2) is 150 Å². The lowest BCUT2D eigenvalue weighted by Gasteiger charge is -2.28. The molecule has 0 spiro atoms. The Hall–Kier alpha value is -6.13.